The average molecular weight is 264 g/mol. The van der Waals surface area contributed by atoms with Gasteiger partial charge in [-0.1, -0.05) is 29.3 Å². The quantitative estimate of drug-likeness (QED) is 0.718. The molecule has 0 aliphatic heterocycles. The Balaban J connectivity index is 2.34. The van der Waals surface area contributed by atoms with Crippen LogP contribution in [0.3, 0.4) is 0 Å². The fourth-order valence-corrected chi connectivity index (χ4v) is 2.33. The summed E-state index contributed by atoms with van der Waals surface area (Å²) in [7, 11) is 0. The molecule has 0 amide bonds. The molecule has 2 aromatic rings. The van der Waals surface area contributed by atoms with E-state index in [1.165, 1.54) is 0 Å². The highest BCUT2D eigenvalue weighted by Gasteiger charge is 2.19. The number of carbonyl (C=O) groups excluding carboxylic acids is 1. The molecule has 1 heterocycles. The molecule has 0 unspecified atom stereocenters. The van der Waals surface area contributed by atoms with Crippen molar-refractivity contribution in [2.24, 2.45) is 0 Å². The molecule has 0 bridgehead atoms. The first-order valence-corrected chi connectivity index (χ1v) is 5.89. The lowest BCUT2D eigenvalue weighted by Gasteiger charge is -2.12. The highest BCUT2D eigenvalue weighted by atomic mass is 35.5. The molecule has 0 radical (unpaired) electrons. The van der Waals surface area contributed by atoms with E-state index in [0.717, 1.165) is 10.9 Å². The third-order valence-electron chi connectivity index (χ3n) is 2.73. The minimum Gasteiger partial charge on any atom is -0.294 e. The number of hydrogen-bond donors (Lipinski definition) is 0. The summed E-state index contributed by atoms with van der Waals surface area (Å²) in [6.45, 7) is 0. The maximum absolute atomic E-state index is 11.8. The number of aromatic nitrogens is 1. The molecule has 0 N–H and O–H groups in total. The highest BCUT2D eigenvalue weighted by molar-refractivity contribution is 6.34. The number of hydrogen-bond acceptors (Lipinski definition) is 2. The second kappa shape index (κ2) is 3.83. The first-order valence-electron chi connectivity index (χ1n) is 5.13. The van der Waals surface area contributed by atoms with Crippen molar-refractivity contribution in [3.05, 3.63) is 45.6 Å². The molecule has 1 aliphatic carbocycles. The van der Waals surface area contributed by atoms with Crippen molar-refractivity contribution >= 4 is 46.0 Å². The SMILES string of the molecule is O=C1CC(Cl)=Cc2nc3cc(Cl)ccc3cc21. The molecule has 0 fully saturated rings. The minimum atomic E-state index is 0.0110. The first kappa shape index (κ1) is 10.8. The predicted octanol–water partition coefficient (Wildman–Crippen LogP) is 4.05. The van der Waals surface area contributed by atoms with E-state index in [-0.39, 0.29) is 12.2 Å². The predicted molar refractivity (Wildman–Crippen MR) is 69.5 cm³/mol. The summed E-state index contributed by atoms with van der Waals surface area (Å²) < 4.78 is 0. The Hall–Kier alpha value is -1.38. The van der Waals surface area contributed by atoms with Crippen LogP contribution in [0.25, 0.3) is 17.0 Å². The summed E-state index contributed by atoms with van der Waals surface area (Å²) in [4.78, 5) is 16.2. The number of allylic oxidation sites excluding steroid dienone is 1. The van der Waals surface area contributed by atoms with Gasteiger partial charge in [0, 0.05) is 27.4 Å². The van der Waals surface area contributed by atoms with E-state index in [4.69, 9.17) is 23.2 Å². The summed E-state index contributed by atoms with van der Waals surface area (Å²) in [6.07, 6.45) is 1.99. The molecule has 0 saturated carbocycles. The van der Waals surface area contributed by atoms with Crippen LogP contribution in [-0.2, 0) is 0 Å². The molecule has 1 aromatic carbocycles. The van der Waals surface area contributed by atoms with Gasteiger partial charge < -0.3 is 0 Å². The smallest absolute Gasteiger partial charge is 0.170 e. The number of halogens is 2. The van der Waals surface area contributed by atoms with E-state index in [9.17, 15) is 4.79 Å². The van der Waals surface area contributed by atoms with Gasteiger partial charge in [0.15, 0.2) is 5.78 Å². The van der Waals surface area contributed by atoms with Crippen molar-refractivity contribution in [3.63, 3.8) is 0 Å². The van der Waals surface area contributed by atoms with Crippen molar-refractivity contribution in [1.82, 2.24) is 4.98 Å². The fraction of sp³-hybridized carbons (Fsp3) is 0.0769. The maximum Gasteiger partial charge on any atom is 0.170 e. The Morgan fingerprint density at radius 1 is 1.18 bits per heavy atom. The Morgan fingerprint density at radius 3 is 2.82 bits per heavy atom. The molecular formula is C13H7Cl2NO. The van der Waals surface area contributed by atoms with Gasteiger partial charge in [-0.2, -0.15) is 0 Å². The van der Waals surface area contributed by atoms with E-state index in [1.807, 2.05) is 12.1 Å². The maximum atomic E-state index is 11.8. The zero-order chi connectivity index (χ0) is 12.0. The van der Waals surface area contributed by atoms with Gasteiger partial charge in [-0.05, 0) is 24.3 Å². The summed E-state index contributed by atoms with van der Waals surface area (Å²) in [5.74, 6) is 0.0110. The van der Waals surface area contributed by atoms with Crippen LogP contribution < -0.4 is 0 Å². The van der Waals surface area contributed by atoms with Gasteiger partial charge in [-0.15, -0.1) is 0 Å². The van der Waals surface area contributed by atoms with Gasteiger partial charge in [0.05, 0.1) is 11.2 Å². The molecule has 1 aliphatic rings. The van der Waals surface area contributed by atoms with E-state index in [2.05, 4.69) is 4.98 Å². The van der Waals surface area contributed by atoms with Gasteiger partial charge in [0.25, 0.3) is 0 Å². The Kier molecular flexibility index (Phi) is 2.42. The van der Waals surface area contributed by atoms with Crippen LogP contribution in [0.5, 0.6) is 0 Å². The third-order valence-corrected chi connectivity index (χ3v) is 3.21. The lowest BCUT2D eigenvalue weighted by molar-refractivity contribution is 0.0993. The van der Waals surface area contributed by atoms with Crippen molar-refractivity contribution < 1.29 is 4.79 Å². The van der Waals surface area contributed by atoms with Gasteiger partial charge in [0.1, 0.15) is 0 Å². The number of benzene rings is 1. The molecule has 0 atom stereocenters. The lowest BCUT2D eigenvalue weighted by atomic mass is 9.98. The van der Waals surface area contributed by atoms with E-state index < -0.39 is 0 Å². The number of rotatable bonds is 0. The van der Waals surface area contributed by atoms with Crippen LogP contribution >= 0.6 is 23.2 Å². The zero-order valence-corrected chi connectivity index (χ0v) is 10.2. The Bertz CT molecular complexity index is 676. The Labute approximate surface area is 108 Å². The largest absolute Gasteiger partial charge is 0.294 e. The molecule has 0 saturated heterocycles. The highest BCUT2D eigenvalue weighted by Crippen LogP contribution is 2.28. The van der Waals surface area contributed by atoms with E-state index >= 15 is 0 Å². The van der Waals surface area contributed by atoms with Gasteiger partial charge in [0.2, 0.25) is 0 Å². The van der Waals surface area contributed by atoms with Crippen LogP contribution in [0, 0.1) is 0 Å². The molecule has 3 rings (SSSR count). The number of ketones is 1. The van der Waals surface area contributed by atoms with Crippen LogP contribution in [0.4, 0.5) is 0 Å². The van der Waals surface area contributed by atoms with Crippen LogP contribution in [0.2, 0.25) is 5.02 Å². The molecule has 4 heteroatoms. The summed E-state index contributed by atoms with van der Waals surface area (Å²) in [5, 5.41) is 2.06. The number of carbonyl (C=O) groups is 1. The Morgan fingerprint density at radius 2 is 2.00 bits per heavy atom. The van der Waals surface area contributed by atoms with E-state index in [0.29, 0.717) is 21.3 Å². The molecule has 1 aromatic heterocycles. The van der Waals surface area contributed by atoms with Crippen LogP contribution in [-0.4, -0.2) is 10.8 Å². The number of Topliss-reactive ketones (excluding diaryl/α,β-unsaturated/α-hetero) is 1. The number of fused-ring (bicyclic) bond motifs is 2. The van der Waals surface area contributed by atoms with Crippen LogP contribution in [0.15, 0.2) is 29.3 Å². The third kappa shape index (κ3) is 1.84. The summed E-state index contributed by atoms with van der Waals surface area (Å²) >= 11 is 11.8. The molecule has 0 spiro atoms. The molecule has 84 valence electrons. The fourth-order valence-electron chi connectivity index (χ4n) is 1.94. The zero-order valence-electron chi connectivity index (χ0n) is 8.71. The van der Waals surface area contributed by atoms with Gasteiger partial charge in [-0.25, -0.2) is 4.98 Å². The van der Waals surface area contributed by atoms with E-state index in [1.54, 1.807) is 18.2 Å². The average Bonchev–Trinajstić information content (AvgIpc) is 2.26. The van der Waals surface area contributed by atoms with Crippen molar-refractivity contribution in [3.8, 4) is 0 Å². The number of nitrogens with zero attached hydrogens (tertiary/aromatic N) is 1. The number of pyridine rings is 1. The lowest BCUT2D eigenvalue weighted by Crippen LogP contribution is -2.08. The molecular weight excluding hydrogens is 257 g/mol. The van der Waals surface area contributed by atoms with Crippen LogP contribution in [0.1, 0.15) is 22.5 Å². The second-order valence-corrected chi connectivity index (χ2v) is 4.87. The van der Waals surface area contributed by atoms with Gasteiger partial charge in [-0.3, -0.25) is 4.79 Å². The van der Waals surface area contributed by atoms with Crippen molar-refractivity contribution in [1.29, 1.82) is 0 Å². The minimum absolute atomic E-state index is 0.0110. The monoisotopic (exact) mass is 263 g/mol. The standard InChI is InChI=1S/C13H7Cl2NO/c14-8-2-1-7-3-10-12(16-11(7)4-8)5-9(15)6-13(10)17/h1-5H,6H2. The second-order valence-electron chi connectivity index (χ2n) is 3.95. The van der Waals surface area contributed by atoms with Gasteiger partial charge >= 0.3 is 0 Å². The molecule has 2 nitrogen and oxygen atoms in total. The first-order chi connectivity index (χ1) is 8.13. The van der Waals surface area contributed by atoms with Crippen molar-refractivity contribution in [2.75, 3.05) is 0 Å². The van der Waals surface area contributed by atoms with Crippen molar-refractivity contribution in [2.45, 2.75) is 6.42 Å². The summed E-state index contributed by atoms with van der Waals surface area (Å²) in [5.41, 5.74) is 2.02. The summed E-state index contributed by atoms with van der Waals surface area (Å²) in [6, 6.07) is 7.26. The molecule has 17 heavy (non-hydrogen) atoms. The normalized spacial score (nSPS) is 14.7. The topological polar surface area (TPSA) is 30.0 Å².